The minimum atomic E-state index is -3.60. The number of amides is 2. The molecule has 3 aromatic rings. The summed E-state index contributed by atoms with van der Waals surface area (Å²) in [5.74, 6) is -0.251. The van der Waals surface area contributed by atoms with Crippen molar-refractivity contribution in [3.8, 4) is 17.0 Å². The molecule has 1 aromatic carbocycles. The van der Waals surface area contributed by atoms with E-state index >= 15 is 0 Å². The number of nitrogens with two attached hydrogens (primary N) is 1. The Morgan fingerprint density at radius 3 is 2.90 bits per heavy atom. The normalized spacial score (nSPS) is 16.2. The van der Waals surface area contributed by atoms with E-state index in [2.05, 4.69) is 19.8 Å². The first-order chi connectivity index (χ1) is 14.9. The summed E-state index contributed by atoms with van der Waals surface area (Å²) in [6, 6.07) is 4.29. The van der Waals surface area contributed by atoms with Crippen molar-refractivity contribution in [3.05, 3.63) is 53.7 Å². The van der Waals surface area contributed by atoms with Crippen molar-refractivity contribution in [2.75, 3.05) is 11.9 Å². The van der Waals surface area contributed by atoms with E-state index in [0.717, 1.165) is 36.6 Å². The monoisotopic (exact) mass is 442 g/mol. The number of hydrogen-bond acceptors (Lipinski definition) is 5. The molecular formula is C20H19FN6O3S. The van der Waals surface area contributed by atoms with Crippen LogP contribution in [0.4, 0.5) is 14.9 Å². The molecule has 1 atom stereocenters. The zero-order valence-electron chi connectivity index (χ0n) is 16.4. The third kappa shape index (κ3) is 3.45. The van der Waals surface area contributed by atoms with Gasteiger partial charge in [0.1, 0.15) is 10.7 Å². The Bertz CT molecular complexity index is 1330. The third-order valence-corrected chi connectivity index (χ3v) is 6.74. The number of aryl methyl sites for hydroxylation is 2. The molecule has 11 heteroatoms. The summed E-state index contributed by atoms with van der Waals surface area (Å²) in [6.07, 6.45) is 6.26. The van der Waals surface area contributed by atoms with Gasteiger partial charge in [-0.3, -0.25) is 4.98 Å². The highest BCUT2D eigenvalue weighted by atomic mass is 32.2. The molecule has 2 amide bonds. The zero-order chi connectivity index (χ0) is 21.6. The van der Waals surface area contributed by atoms with Crippen molar-refractivity contribution in [1.29, 1.82) is 0 Å². The summed E-state index contributed by atoms with van der Waals surface area (Å²) in [4.78, 5) is 16.6. The molecule has 5 rings (SSSR count). The van der Waals surface area contributed by atoms with Crippen LogP contribution in [0.1, 0.15) is 17.5 Å². The maximum Gasteiger partial charge on any atom is 0.354 e. The van der Waals surface area contributed by atoms with Crippen LogP contribution in [0.15, 0.2) is 46.0 Å². The van der Waals surface area contributed by atoms with Crippen molar-refractivity contribution in [2.24, 2.45) is 9.50 Å². The Kier molecular flexibility index (Phi) is 4.71. The fraction of sp³-hybridized carbons (Fsp3) is 0.250. The van der Waals surface area contributed by atoms with E-state index in [1.165, 1.54) is 18.5 Å². The number of nitrogens with zero attached hydrogens (tertiary/aromatic N) is 4. The van der Waals surface area contributed by atoms with Gasteiger partial charge in [0.05, 0.1) is 24.7 Å². The van der Waals surface area contributed by atoms with Gasteiger partial charge in [0.15, 0.2) is 9.92 Å². The Balaban J connectivity index is 1.52. The van der Waals surface area contributed by atoms with Gasteiger partial charge in [0.25, 0.3) is 0 Å². The molecule has 2 aromatic heterocycles. The molecule has 0 bridgehead atoms. The molecule has 160 valence electrons. The lowest BCUT2D eigenvalue weighted by molar-refractivity contribution is 0.224. The molecule has 0 saturated carbocycles. The van der Waals surface area contributed by atoms with Gasteiger partial charge in [0, 0.05) is 30.3 Å². The summed E-state index contributed by atoms with van der Waals surface area (Å²) in [5.41, 5.74) is 3.18. The van der Waals surface area contributed by atoms with Crippen LogP contribution in [0.5, 0.6) is 5.88 Å². The number of rotatable bonds is 3. The lowest BCUT2D eigenvalue weighted by atomic mass is 9.84. The van der Waals surface area contributed by atoms with Crippen LogP contribution in [0.25, 0.3) is 11.1 Å². The van der Waals surface area contributed by atoms with Crippen molar-refractivity contribution in [3.63, 3.8) is 0 Å². The average molecular weight is 442 g/mol. The fourth-order valence-corrected chi connectivity index (χ4v) is 4.81. The van der Waals surface area contributed by atoms with Gasteiger partial charge in [-0.05, 0) is 30.0 Å². The number of benzene rings is 1. The van der Waals surface area contributed by atoms with E-state index in [-0.39, 0.29) is 10.8 Å². The first-order valence-corrected chi connectivity index (χ1v) is 11.3. The molecule has 0 fully saturated rings. The highest BCUT2D eigenvalue weighted by Gasteiger charge is 2.26. The summed E-state index contributed by atoms with van der Waals surface area (Å²) in [7, 11) is -3.60. The van der Waals surface area contributed by atoms with Crippen molar-refractivity contribution in [1.82, 2.24) is 14.8 Å². The molecule has 0 unspecified atom stereocenters. The number of carbonyl (C=O) groups excluding carboxylic acids is 1. The molecule has 0 saturated heterocycles. The molecule has 2 aliphatic rings. The van der Waals surface area contributed by atoms with Crippen LogP contribution < -0.4 is 15.2 Å². The largest absolute Gasteiger partial charge is 0.477 e. The summed E-state index contributed by atoms with van der Waals surface area (Å²) < 4.78 is 38.2. The number of fused-ring (bicyclic) bond motifs is 2. The second kappa shape index (κ2) is 7.43. The van der Waals surface area contributed by atoms with Crippen molar-refractivity contribution in [2.45, 2.75) is 30.7 Å². The molecule has 3 N–H and O–H groups in total. The van der Waals surface area contributed by atoms with E-state index < -0.39 is 21.8 Å². The Morgan fingerprint density at radius 1 is 1.26 bits per heavy atom. The molecule has 0 spiro atoms. The standard InChI is InChI=1S/C20H19FN6O3S/c21-16-10-23-7-6-14(16)15-5-3-12-2-4-13(12)18(15)25-20(28)26-31(22,29)17-11-24-27-8-1-9-30-19(17)27/h3,5-7,10-11H,1-2,4,8-9H2,(H3,22,25,26,28,29)/t31-/m1/s1. The molecule has 9 nitrogen and oxygen atoms in total. The van der Waals surface area contributed by atoms with Gasteiger partial charge in [-0.15, -0.1) is 4.36 Å². The predicted octanol–water partition coefficient (Wildman–Crippen LogP) is 2.90. The van der Waals surface area contributed by atoms with Crippen LogP contribution in [0, 0.1) is 5.82 Å². The number of carbonyl (C=O) groups is 1. The SMILES string of the molecule is N[S@@](=O)(=NC(=O)Nc1c(-c2ccncc2F)ccc2c1CC2)c1cnn2c1OCCC2. The Hall–Kier alpha value is -3.31. The Labute approximate surface area is 177 Å². The molecule has 1 aliphatic carbocycles. The topological polar surface area (TPSA) is 124 Å². The van der Waals surface area contributed by atoms with Gasteiger partial charge in [0.2, 0.25) is 5.88 Å². The van der Waals surface area contributed by atoms with E-state index in [1.54, 1.807) is 10.7 Å². The number of halogens is 1. The number of anilines is 1. The summed E-state index contributed by atoms with van der Waals surface area (Å²) in [5, 5.41) is 12.7. The highest BCUT2D eigenvalue weighted by Crippen LogP contribution is 2.39. The van der Waals surface area contributed by atoms with Gasteiger partial charge >= 0.3 is 6.03 Å². The van der Waals surface area contributed by atoms with Crippen LogP contribution >= 0.6 is 0 Å². The maximum atomic E-state index is 14.4. The summed E-state index contributed by atoms with van der Waals surface area (Å²) in [6.45, 7) is 1.05. The number of aromatic nitrogens is 3. The van der Waals surface area contributed by atoms with Crippen LogP contribution in [0.2, 0.25) is 0 Å². The molecule has 0 radical (unpaired) electrons. The van der Waals surface area contributed by atoms with E-state index in [1.807, 2.05) is 6.07 Å². The first-order valence-electron chi connectivity index (χ1n) is 9.73. The summed E-state index contributed by atoms with van der Waals surface area (Å²) >= 11 is 0. The van der Waals surface area contributed by atoms with E-state index in [9.17, 15) is 13.4 Å². The smallest absolute Gasteiger partial charge is 0.354 e. The van der Waals surface area contributed by atoms with Crippen molar-refractivity contribution >= 4 is 21.6 Å². The maximum absolute atomic E-state index is 14.4. The number of urea groups is 1. The molecule has 1 aliphatic heterocycles. The minimum absolute atomic E-state index is 0.0730. The van der Waals surface area contributed by atoms with Gasteiger partial charge in [-0.2, -0.15) is 5.10 Å². The van der Waals surface area contributed by atoms with E-state index in [0.29, 0.717) is 30.0 Å². The second-order valence-electron chi connectivity index (χ2n) is 7.31. The lowest BCUT2D eigenvalue weighted by Gasteiger charge is -2.25. The molecular weight excluding hydrogens is 423 g/mol. The lowest BCUT2D eigenvalue weighted by Crippen LogP contribution is -2.22. The predicted molar refractivity (Wildman–Crippen MR) is 111 cm³/mol. The van der Waals surface area contributed by atoms with E-state index in [4.69, 9.17) is 9.88 Å². The van der Waals surface area contributed by atoms with Gasteiger partial charge in [-0.1, -0.05) is 12.1 Å². The van der Waals surface area contributed by atoms with Gasteiger partial charge < -0.3 is 10.1 Å². The van der Waals surface area contributed by atoms with Crippen molar-refractivity contribution < 1.29 is 18.1 Å². The van der Waals surface area contributed by atoms with Gasteiger partial charge in [-0.25, -0.2) is 23.2 Å². The second-order valence-corrected chi connectivity index (χ2v) is 9.07. The zero-order valence-corrected chi connectivity index (χ0v) is 17.2. The number of ether oxygens (including phenoxy) is 1. The fourth-order valence-electron chi connectivity index (χ4n) is 3.80. The average Bonchev–Trinajstić information content (AvgIpc) is 3.15. The first kappa shape index (κ1) is 19.6. The molecule has 31 heavy (non-hydrogen) atoms. The quantitative estimate of drug-likeness (QED) is 0.645. The van der Waals surface area contributed by atoms with Crippen LogP contribution in [-0.2, 0) is 29.3 Å². The minimum Gasteiger partial charge on any atom is -0.477 e. The highest BCUT2D eigenvalue weighted by molar-refractivity contribution is 7.91. The Morgan fingerprint density at radius 2 is 2.13 bits per heavy atom. The van der Waals surface area contributed by atoms with Crippen LogP contribution in [-0.4, -0.2) is 31.6 Å². The van der Waals surface area contributed by atoms with Crippen LogP contribution in [0.3, 0.4) is 0 Å². The molecule has 3 heterocycles. The third-order valence-electron chi connectivity index (χ3n) is 5.40. The number of nitrogens with one attached hydrogen (secondary N) is 1. The number of pyridine rings is 1. The number of hydrogen-bond donors (Lipinski definition) is 2.